The number of anilines is 1. The third kappa shape index (κ3) is 2.96. The number of thioether (sulfide) groups is 1. The second-order valence-corrected chi connectivity index (χ2v) is 3.45. The van der Waals surface area contributed by atoms with Gasteiger partial charge in [0.15, 0.2) is 0 Å². The topological polar surface area (TPSA) is 29.1 Å². The molecule has 0 bridgehead atoms. The van der Waals surface area contributed by atoms with Gasteiger partial charge in [0.2, 0.25) is 0 Å². The van der Waals surface area contributed by atoms with Crippen LogP contribution in [0.4, 0.5) is 10.5 Å². The number of hydrogen-bond donors (Lipinski definition) is 1. The van der Waals surface area contributed by atoms with E-state index in [0.29, 0.717) is 0 Å². The van der Waals surface area contributed by atoms with Crippen molar-refractivity contribution in [1.82, 2.24) is 0 Å². The molecule has 0 spiro atoms. The van der Waals surface area contributed by atoms with Crippen molar-refractivity contribution in [2.75, 3.05) is 11.1 Å². The fraction of sp³-hybridized carbons (Fsp3) is 0.222. The minimum Gasteiger partial charge on any atom is -0.317 e. The van der Waals surface area contributed by atoms with Crippen LogP contribution in [-0.2, 0) is 0 Å². The largest absolute Gasteiger partial charge is 0.317 e. The normalized spacial score (nSPS) is 9.42. The molecule has 0 heterocycles. The zero-order chi connectivity index (χ0) is 8.81. The molecule has 0 saturated heterocycles. The van der Waals surface area contributed by atoms with E-state index in [0.717, 1.165) is 11.4 Å². The Hall–Kier alpha value is -0.960. The smallest absolute Gasteiger partial charge is 0.283 e. The molecule has 1 amide bonds. The summed E-state index contributed by atoms with van der Waals surface area (Å²) in [7, 11) is 0. The Morgan fingerprint density at radius 1 is 1.42 bits per heavy atom. The van der Waals surface area contributed by atoms with Crippen LogP contribution in [0.5, 0.6) is 0 Å². The van der Waals surface area contributed by atoms with Crippen molar-refractivity contribution < 1.29 is 4.79 Å². The van der Waals surface area contributed by atoms with Gasteiger partial charge in [0.05, 0.1) is 0 Å². The molecule has 0 aliphatic rings. The molecule has 0 unspecified atom stereocenters. The molecule has 12 heavy (non-hydrogen) atoms. The third-order valence-electron chi connectivity index (χ3n) is 1.30. The molecule has 2 nitrogen and oxygen atoms in total. The molecule has 0 radical (unpaired) electrons. The number of benzene rings is 1. The van der Waals surface area contributed by atoms with Gasteiger partial charge in [0.1, 0.15) is 0 Å². The molecular weight excluding hydrogens is 170 g/mol. The van der Waals surface area contributed by atoms with Crippen molar-refractivity contribution in [2.24, 2.45) is 0 Å². The van der Waals surface area contributed by atoms with E-state index in [1.165, 1.54) is 11.8 Å². The number of amides is 1. The Balaban J connectivity index is 2.47. The van der Waals surface area contributed by atoms with Crippen LogP contribution in [-0.4, -0.2) is 11.0 Å². The third-order valence-corrected chi connectivity index (χ3v) is 1.95. The Bertz CT molecular complexity index is 248. The number of nitrogens with one attached hydrogen (secondary N) is 1. The first-order chi connectivity index (χ1) is 5.83. The lowest BCUT2D eigenvalue weighted by atomic mass is 10.3. The number of para-hydroxylation sites is 1. The van der Waals surface area contributed by atoms with Crippen molar-refractivity contribution in [3.63, 3.8) is 0 Å². The average Bonchev–Trinajstić information content (AvgIpc) is 2.06. The predicted octanol–water partition coefficient (Wildman–Crippen LogP) is 2.97. The standard InChI is InChI=1S/C9H11NOS/c1-2-12-9(11)10-8-6-4-3-5-7-8/h3-7H,2H2,1H3,(H,10,11). The van der Waals surface area contributed by atoms with Crippen molar-refractivity contribution in [2.45, 2.75) is 6.92 Å². The molecule has 0 aromatic heterocycles. The highest BCUT2D eigenvalue weighted by Gasteiger charge is 1.98. The number of hydrogen-bond acceptors (Lipinski definition) is 2. The van der Waals surface area contributed by atoms with E-state index >= 15 is 0 Å². The predicted molar refractivity (Wildman–Crippen MR) is 53.6 cm³/mol. The van der Waals surface area contributed by atoms with Gasteiger partial charge < -0.3 is 5.32 Å². The zero-order valence-corrected chi connectivity index (χ0v) is 7.73. The van der Waals surface area contributed by atoms with Gasteiger partial charge >= 0.3 is 0 Å². The van der Waals surface area contributed by atoms with Gasteiger partial charge in [-0.1, -0.05) is 36.9 Å². The van der Waals surface area contributed by atoms with Gasteiger partial charge in [-0.2, -0.15) is 0 Å². The van der Waals surface area contributed by atoms with Gasteiger partial charge in [0, 0.05) is 5.69 Å². The summed E-state index contributed by atoms with van der Waals surface area (Å²) in [5.41, 5.74) is 0.850. The van der Waals surface area contributed by atoms with E-state index < -0.39 is 0 Å². The minimum atomic E-state index is 0.00343. The Morgan fingerprint density at radius 3 is 2.67 bits per heavy atom. The van der Waals surface area contributed by atoms with E-state index in [9.17, 15) is 4.79 Å². The molecule has 64 valence electrons. The van der Waals surface area contributed by atoms with Gasteiger partial charge in [0.25, 0.3) is 5.24 Å². The monoisotopic (exact) mass is 181 g/mol. The molecule has 0 aliphatic heterocycles. The summed E-state index contributed by atoms with van der Waals surface area (Å²) in [4.78, 5) is 11.1. The first-order valence-corrected chi connectivity index (χ1v) is 4.80. The molecule has 1 aromatic carbocycles. The van der Waals surface area contributed by atoms with Crippen molar-refractivity contribution in [3.8, 4) is 0 Å². The van der Waals surface area contributed by atoms with Gasteiger partial charge in [-0.25, -0.2) is 0 Å². The fourth-order valence-electron chi connectivity index (χ4n) is 0.807. The van der Waals surface area contributed by atoms with Gasteiger partial charge in [-0.3, -0.25) is 4.79 Å². The maximum Gasteiger partial charge on any atom is 0.283 e. The summed E-state index contributed by atoms with van der Waals surface area (Å²) in [6, 6.07) is 9.45. The van der Waals surface area contributed by atoms with Crippen LogP contribution < -0.4 is 5.32 Å². The quantitative estimate of drug-likeness (QED) is 0.760. The Labute approximate surface area is 76.4 Å². The SMILES string of the molecule is CCSC(=O)Nc1ccccc1. The number of rotatable bonds is 2. The lowest BCUT2D eigenvalue weighted by molar-refractivity contribution is 0.270. The summed E-state index contributed by atoms with van der Waals surface area (Å²) in [5.74, 6) is 0.804. The average molecular weight is 181 g/mol. The summed E-state index contributed by atoms with van der Waals surface area (Å²) in [6.45, 7) is 1.95. The van der Waals surface area contributed by atoms with Gasteiger partial charge in [-0.15, -0.1) is 0 Å². The lowest BCUT2D eigenvalue weighted by Gasteiger charge is -2.01. The first-order valence-electron chi connectivity index (χ1n) is 3.81. The van der Waals surface area contributed by atoms with Crippen molar-refractivity contribution in [1.29, 1.82) is 0 Å². The highest BCUT2D eigenvalue weighted by Crippen LogP contribution is 2.09. The molecule has 1 rings (SSSR count). The van der Waals surface area contributed by atoms with E-state index in [1.807, 2.05) is 37.3 Å². The van der Waals surface area contributed by atoms with Gasteiger partial charge in [-0.05, 0) is 17.9 Å². The maximum absolute atomic E-state index is 11.1. The lowest BCUT2D eigenvalue weighted by Crippen LogP contribution is -2.04. The second kappa shape index (κ2) is 4.83. The highest BCUT2D eigenvalue weighted by atomic mass is 32.2. The molecule has 3 heteroatoms. The Morgan fingerprint density at radius 2 is 2.08 bits per heavy atom. The van der Waals surface area contributed by atoms with Crippen molar-refractivity contribution in [3.05, 3.63) is 30.3 Å². The van der Waals surface area contributed by atoms with Crippen LogP contribution in [0, 0.1) is 0 Å². The van der Waals surface area contributed by atoms with Crippen molar-refractivity contribution >= 4 is 22.7 Å². The highest BCUT2D eigenvalue weighted by molar-refractivity contribution is 8.13. The molecule has 0 fully saturated rings. The second-order valence-electron chi connectivity index (χ2n) is 2.21. The summed E-state index contributed by atoms with van der Waals surface area (Å²) < 4.78 is 0. The Kier molecular flexibility index (Phi) is 3.67. The van der Waals surface area contributed by atoms with Crippen LogP contribution in [0.3, 0.4) is 0 Å². The van der Waals surface area contributed by atoms with E-state index in [4.69, 9.17) is 0 Å². The van der Waals surface area contributed by atoms with E-state index in [1.54, 1.807) is 0 Å². The number of carbonyl (C=O) groups is 1. The maximum atomic E-state index is 11.1. The molecule has 0 atom stereocenters. The van der Waals surface area contributed by atoms with Crippen LogP contribution in [0.1, 0.15) is 6.92 Å². The first kappa shape index (κ1) is 9.13. The molecule has 0 saturated carbocycles. The van der Waals surface area contributed by atoms with E-state index in [-0.39, 0.29) is 5.24 Å². The van der Waals surface area contributed by atoms with Crippen LogP contribution in [0.15, 0.2) is 30.3 Å². The molecule has 0 aliphatic carbocycles. The summed E-state index contributed by atoms with van der Waals surface area (Å²) in [6.07, 6.45) is 0. The molecule has 1 N–H and O–H groups in total. The van der Waals surface area contributed by atoms with E-state index in [2.05, 4.69) is 5.32 Å². The number of carbonyl (C=O) groups excluding carboxylic acids is 1. The molecular formula is C9H11NOS. The van der Waals surface area contributed by atoms with Crippen LogP contribution in [0.2, 0.25) is 0 Å². The summed E-state index contributed by atoms with van der Waals surface area (Å²) in [5, 5.41) is 2.77. The molecule has 1 aromatic rings. The summed E-state index contributed by atoms with van der Waals surface area (Å²) >= 11 is 1.28. The van der Waals surface area contributed by atoms with Crippen LogP contribution in [0.25, 0.3) is 0 Å². The fourth-order valence-corrected chi connectivity index (χ4v) is 1.26. The minimum absolute atomic E-state index is 0.00343. The zero-order valence-electron chi connectivity index (χ0n) is 6.91. The van der Waals surface area contributed by atoms with Crippen LogP contribution >= 0.6 is 11.8 Å².